The van der Waals surface area contributed by atoms with Gasteiger partial charge in [-0.25, -0.2) is 0 Å². The van der Waals surface area contributed by atoms with Crippen molar-refractivity contribution in [1.82, 2.24) is 20.4 Å². The maximum absolute atomic E-state index is 12.5. The van der Waals surface area contributed by atoms with Gasteiger partial charge < -0.3 is 14.6 Å². The van der Waals surface area contributed by atoms with Crippen LogP contribution in [0.5, 0.6) is 0 Å². The average molecular weight is 447 g/mol. The Kier molecular flexibility index (Phi) is 7.94. The van der Waals surface area contributed by atoms with Crippen LogP contribution in [0, 0.1) is 5.92 Å². The summed E-state index contributed by atoms with van der Waals surface area (Å²) in [5.74, 6) is 1.32. The molecule has 4 rings (SSSR count). The smallest absolute Gasteiger partial charge is 0.241 e. The molecule has 1 saturated carbocycles. The highest BCUT2D eigenvalue weighted by Crippen LogP contribution is 2.26. The monoisotopic (exact) mass is 446 g/mol. The first-order chi connectivity index (χ1) is 15.2. The number of carbonyl (C=O) groups is 1. The summed E-state index contributed by atoms with van der Waals surface area (Å²) in [5, 5.41) is 7.74. The van der Waals surface area contributed by atoms with E-state index in [1.165, 1.54) is 25.7 Å². The molecule has 0 unspecified atom stereocenters. The minimum atomic E-state index is 0.0772. The summed E-state index contributed by atoms with van der Waals surface area (Å²) in [5.41, 5.74) is 0.767. The number of nitrogens with zero attached hydrogens (tertiary/aromatic N) is 3. The molecule has 1 aliphatic heterocycles. The molecule has 31 heavy (non-hydrogen) atoms. The first-order valence-corrected chi connectivity index (χ1v) is 11.8. The van der Waals surface area contributed by atoms with Gasteiger partial charge in [0.15, 0.2) is 0 Å². The van der Waals surface area contributed by atoms with E-state index in [-0.39, 0.29) is 11.8 Å². The summed E-state index contributed by atoms with van der Waals surface area (Å²) >= 11 is 6.21. The second kappa shape index (κ2) is 11.1. The van der Waals surface area contributed by atoms with Gasteiger partial charge in [-0.15, -0.1) is 0 Å². The third-order valence-electron chi connectivity index (χ3n) is 6.18. The Balaban J connectivity index is 1.14. The minimum Gasteiger partial charge on any atom is -0.378 e. The average Bonchev–Trinajstić information content (AvgIpc) is 3.47. The summed E-state index contributed by atoms with van der Waals surface area (Å²) < 4.78 is 11.3. The zero-order valence-electron chi connectivity index (χ0n) is 17.9. The van der Waals surface area contributed by atoms with Crippen molar-refractivity contribution in [2.24, 2.45) is 5.92 Å². The van der Waals surface area contributed by atoms with Gasteiger partial charge in [0.1, 0.15) is 0 Å². The fraction of sp³-hybridized carbons (Fsp3) is 0.609. The van der Waals surface area contributed by atoms with Crippen LogP contribution in [0.1, 0.15) is 50.8 Å². The summed E-state index contributed by atoms with van der Waals surface area (Å²) in [6.07, 6.45) is 7.97. The van der Waals surface area contributed by atoms with Crippen LogP contribution in [0.2, 0.25) is 5.02 Å². The number of halogens is 1. The molecule has 2 heterocycles. The molecule has 1 aliphatic carbocycles. The van der Waals surface area contributed by atoms with Crippen LogP contribution in [-0.4, -0.2) is 53.3 Å². The maximum Gasteiger partial charge on any atom is 0.241 e. The lowest BCUT2D eigenvalue weighted by Crippen LogP contribution is -2.40. The molecule has 168 valence electrons. The Labute approximate surface area is 188 Å². The van der Waals surface area contributed by atoms with Crippen LogP contribution < -0.4 is 5.32 Å². The first-order valence-electron chi connectivity index (χ1n) is 11.4. The standard InChI is InChI=1S/C23H31ClN4O3/c24-20-9-4-3-8-19(20)22-26-21(31-27-22)16-28-13-10-17(11-14-28)23(29)25-12-5-15-30-18-6-1-2-7-18/h3-4,8-9,17-18H,1-2,5-7,10-16H2,(H,25,29). The molecule has 1 aromatic heterocycles. The molecule has 1 aromatic carbocycles. The maximum atomic E-state index is 12.5. The van der Waals surface area contributed by atoms with Crippen molar-refractivity contribution < 1.29 is 14.1 Å². The van der Waals surface area contributed by atoms with Crippen molar-refractivity contribution in [2.75, 3.05) is 26.2 Å². The van der Waals surface area contributed by atoms with E-state index in [1.807, 2.05) is 24.3 Å². The third-order valence-corrected chi connectivity index (χ3v) is 6.51. The lowest BCUT2D eigenvalue weighted by Gasteiger charge is -2.30. The van der Waals surface area contributed by atoms with Crippen molar-refractivity contribution in [2.45, 2.75) is 57.6 Å². The van der Waals surface area contributed by atoms with Gasteiger partial charge in [0.2, 0.25) is 17.6 Å². The molecule has 7 nitrogen and oxygen atoms in total. The molecule has 2 fully saturated rings. The predicted molar refractivity (Wildman–Crippen MR) is 119 cm³/mol. The molecule has 1 N–H and O–H groups in total. The zero-order valence-corrected chi connectivity index (χ0v) is 18.6. The van der Waals surface area contributed by atoms with Crippen molar-refractivity contribution in [3.8, 4) is 11.4 Å². The SMILES string of the molecule is O=C(NCCCOC1CCCC1)C1CCN(Cc2nc(-c3ccccc3Cl)no2)CC1. The number of likely N-dealkylation sites (tertiary alicyclic amines) is 1. The van der Waals surface area contributed by atoms with Gasteiger partial charge in [-0.2, -0.15) is 4.98 Å². The van der Waals surface area contributed by atoms with E-state index in [4.69, 9.17) is 20.9 Å². The number of benzene rings is 1. The molecule has 2 aliphatic rings. The van der Waals surface area contributed by atoms with Gasteiger partial charge in [0.25, 0.3) is 0 Å². The minimum absolute atomic E-state index is 0.0772. The molecule has 0 atom stereocenters. The highest BCUT2D eigenvalue weighted by atomic mass is 35.5. The van der Waals surface area contributed by atoms with Crippen molar-refractivity contribution in [1.29, 1.82) is 0 Å². The molecule has 2 aromatic rings. The summed E-state index contributed by atoms with van der Waals surface area (Å²) in [7, 11) is 0. The van der Waals surface area contributed by atoms with Crippen molar-refractivity contribution in [3.05, 3.63) is 35.2 Å². The van der Waals surface area contributed by atoms with E-state index >= 15 is 0 Å². The van der Waals surface area contributed by atoms with Crippen LogP contribution in [0.3, 0.4) is 0 Å². The van der Waals surface area contributed by atoms with Gasteiger partial charge in [-0.3, -0.25) is 9.69 Å². The Morgan fingerprint density at radius 3 is 2.74 bits per heavy atom. The van der Waals surface area contributed by atoms with Crippen molar-refractivity contribution in [3.63, 3.8) is 0 Å². The van der Waals surface area contributed by atoms with Gasteiger partial charge in [0.05, 0.1) is 17.7 Å². The predicted octanol–water partition coefficient (Wildman–Crippen LogP) is 4.07. The number of rotatable bonds is 9. The Morgan fingerprint density at radius 2 is 1.97 bits per heavy atom. The number of ether oxygens (including phenoxy) is 1. The molecule has 1 amide bonds. The number of hydrogen-bond acceptors (Lipinski definition) is 6. The van der Waals surface area contributed by atoms with Crippen LogP contribution in [0.15, 0.2) is 28.8 Å². The lowest BCUT2D eigenvalue weighted by atomic mass is 9.96. The van der Waals surface area contributed by atoms with Crippen LogP contribution >= 0.6 is 11.6 Å². The van der Waals surface area contributed by atoms with E-state index in [2.05, 4.69) is 20.4 Å². The van der Waals surface area contributed by atoms with Gasteiger partial charge >= 0.3 is 0 Å². The molecule has 0 bridgehead atoms. The van der Waals surface area contributed by atoms with Crippen LogP contribution in [-0.2, 0) is 16.1 Å². The van der Waals surface area contributed by atoms with Crippen LogP contribution in [0.25, 0.3) is 11.4 Å². The number of nitrogens with one attached hydrogen (secondary N) is 1. The molecular weight excluding hydrogens is 416 g/mol. The normalized spacial score (nSPS) is 18.5. The fourth-order valence-corrected chi connectivity index (χ4v) is 4.57. The molecule has 0 spiro atoms. The van der Waals surface area contributed by atoms with E-state index in [0.717, 1.165) is 44.5 Å². The number of piperidine rings is 1. The highest BCUT2D eigenvalue weighted by molar-refractivity contribution is 6.33. The largest absolute Gasteiger partial charge is 0.378 e. The fourth-order valence-electron chi connectivity index (χ4n) is 4.35. The third kappa shape index (κ3) is 6.28. The van der Waals surface area contributed by atoms with E-state index < -0.39 is 0 Å². The van der Waals surface area contributed by atoms with E-state index in [0.29, 0.717) is 35.9 Å². The van der Waals surface area contributed by atoms with E-state index in [1.54, 1.807) is 0 Å². The highest BCUT2D eigenvalue weighted by Gasteiger charge is 2.26. The van der Waals surface area contributed by atoms with Crippen molar-refractivity contribution >= 4 is 17.5 Å². The Morgan fingerprint density at radius 1 is 1.19 bits per heavy atom. The molecule has 8 heteroatoms. The summed E-state index contributed by atoms with van der Waals surface area (Å²) in [4.78, 5) is 19.2. The second-order valence-electron chi connectivity index (χ2n) is 8.46. The first kappa shape index (κ1) is 22.2. The van der Waals surface area contributed by atoms with Gasteiger partial charge in [0, 0.05) is 24.6 Å². The number of hydrogen-bond donors (Lipinski definition) is 1. The Hall–Kier alpha value is -1.96. The number of amides is 1. The summed E-state index contributed by atoms with van der Waals surface area (Å²) in [6.45, 7) is 3.70. The topological polar surface area (TPSA) is 80.5 Å². The number of carbonyl (C=O) groups excluding carboxylic acids is 1. The quantitative estimate of drug-likeness (QED) is 0.585. The van der Waals surface area contributed by atoms with E-state index in [9.17, 15) is 4.79 Å². The molecule has 1 saturated heterocycles. The zero-order chi connectivity index (χ0) is 21.5. The lowest BCUT2D eigenvalue weighted by molar-refractivity contribution is -0.126. The Bertz CT molecular complexity index is 845. The van der Waals surface area contributed by atoms with Crippen LogP contribution in [0.4, 0.5) is 0 Å². The molecular formula is C23H31ClN4O3. The second-order valence-corrected chi connectivity index (χ2v) is 8.87. The molecule has 0 radical (unpaired) electrons. The summed E-state index contributed by atoms with van der Waals surface area (Å²) in [6, 6.07) is 7.46. The van der Waals surface area contributed by atoms with Gasteiger partial charge in [-0.1, -0.05) is 41.7 Å². The number of aromatic nitrogens is 2. The van der Waals surface area contributed by atoms with Gasteiger partial charge in [-0.05, 0) is 57.3 Å².